The Labute approximate surface area is 159 Å². The van der Waals surface area contributed by atoms with Crippen LogP contribution in [0.2, 0.25) is 5.02 Å². The zero-order valence-corrected chi connectivity index (χ0v) is 14.8. The van der Waals surface area contributed by atoms with Gasteiger partial charge in [0, 0.05) is 5.39 Å². The molecular weight excluding hydrogens is 368 g/mol. The summed E-state index contributed by atoms with van der Waals surface area (Å²) in [6.07, 6.45) is 0. The second-order valence-corrected chi connectivity index (χ2v) is 5.96. The fourth-order valence-corrected chi connectivity index (χ4v) is 2.55. The molecule has 136 valence electrons. The molecule has 0 unspecified atom stereocenters. The molecule has 0 saturated carbocycles. The Morgan fingerprint density at radius 3 is 2.41 bits per heavy atom. The number of hydrogen-bond acceptors (Lipinski definition) is 4. The number of halogens is 1. The molecule has 7 nitrogen and oxygen atoms in total. The van der Waals surface area contributed by atoms with E-state index in [4.69, 9.17) is 11.6 Å². The van der Waals surface area contributed by atoms with Gasteiger partial charge in [-0.05, 0) is 24.3 Å². The lowest BCUT2D eigenvalue weighted by atomic mass is 10.2. The first-order valence-electron chi connectivity index (χ1n) is 8.02. The minimum absolute atomic E-state index is 0.161. The number of pyridine rings is 1. The van der Waals surface area contributed by atoms with Crippen molar-refractivity contribution in [1.29, 1.82) is 0 Å². The van der Waals surface area contributed by atoms with Gasteiger partial charge in [0.25, 0.3) is 17.7 Å². The molecule has 0 spiro atoms. The highest BCUT2D eigenvalue weighted by Crippen LogP contribution is 2.14. The van der Waals surface area contributed by atoms with Crippen LogP contribution in [0.25, 0.3) is 10.9 Å². The zero-order chi connectivity index (χ0) is 19.2. The van der Waals surface area contributed by atoms with Gasteiger partial charge in [-0.2, -0.15) is 0 Å². The minimum atomic E-state index is -0.593. The van der Waals surface area contributed by atoms with Crippen LogP contribution >= 0.6 is 11.6 Å². The van der Waals surface area contributed by atoms with E-state index in [9.17, 15) is 14.4 Å². The summed E-state index contributed by atoms with van der Waals surface area (Å²) in [5.74, 6) is -1.64. The van der Waals surface area contributed by atoms with Crippen LogP contribution in [-0.4, -0.2) is 29.3 Å². The normalized spacial score (nSPS) is 10.3. The number of aromatic nitrogens is 1. The van der Waals surface area contributed by atoms with Crippen LogP contribution in [0.3, 0.4) is 0 Å². The van der Waals surface area contributed by atoms with Gasteiger partial charge in [-0.25, -0.2) is 4.98 Å². The highest BCUT2D eigenvalue weighted by molar-refractivity contribution is 6.33. The van der Waals surface area contributed by atoms with Crippen molar-refractivity contribution in [1.82, 2.24) is 21.2 Å². The molecule has 0 aliphatic rings. The summed E-state index contributed by atoms with van der Waals surface area (Å²) in [5.41, 5.74) is 5.58. The van der Waals surface area contributed by atoms with Gasteiger partial charge in [-0.1, -0.05) is 48.0 Å². The first-order chi connectivity index (χ1) is 13.0. The number of rotatable bonds is 4. The summed E-state index contributed by atoms with van der Waals surface area (Å²) in [7, 11) is 0. The van der Waals surface area contributed by atoms with E-state index in [1.165, 1.54) is 0 Å². The Kier molecular flexibility index (Phi) is 5.63. The first kappa shape index (κ1) is 18.3. The third kappa shape index (κ3) is 4.59. The molecule has 0 atom stereocenters. The van der Waals surface area contributed by atoms with Crippen LogP contribution in [0, 0.1) is 0 Å². The SMILES string of the molecule is O=C(CNC(=O)c1ccccc1Cl)NNC(=O)c1ccc2ccccc2n1. The number of amides is 3. The second kappa shape index (κ2) is 8.29. The van der Waals surface area contributed by atoms with E-state index in [0.29, 0.717) is 5.52 Å². The maximum atomic E-state index is 12.1. The van der Waals surface area contributed by atoms with Gasteiger partial charge >= 0.3 is 0 Å². The summed E-state index contributed by atoms with van der Waals surface area (Å²) in [6, 6.07) is 17.2. The lowest BCUT2D eigenvalue weighted by Crippen LogP contribution is -2.46. The third-order valence-corrected chi connectivity index (χ3v) is 4.00. The molecule has 3 aromatic rings. The lowest BCUT2D eigenvalue weighted by molar-refractivity contribution is -0.120. The number of hydrazine groups is 1. The Morgan fingerprint density at radius 2 is 1.59 bits per heavy atom. The quantitative estimate of drug-likeness (QED) is 0.601. The molecule has 8 heteroatoms. The molecular formula is C19H15ClN4O3. The Bertz CT molecular complexity index is 1020. The molecule has 1 heterocycles. The van der Waals surface area contributed by atoms with Gasteiger partial charge < -0.3 is 5.32 Å². The number of nitrogens with one attached hydrogen (secondary N) is 3. The van der Waals surface area contributed by atoms with E-state index in [1.54, 1.807) is 42.5 Å². The van der Waals surface area contributed by atoms with Gasteiger partial charge in [0.15, 0.2) is 0 Å². The average molecular weight is 383 g/mol. The van der Waals surface area contributed by atoms with Crippen molar-refractivity contribution in [3.8, 4) is 0 Å². The van der Waals surface area contributed by atoms with Gasteiger partial charge in [0.1, 0.15) is 5.69 Å². The molecule has 27 heavy (non-hydrogen) atoms. The number of carbonyl (C=O) groups is 3. The van der Waals surface area contributed by atoms with Crippen molar-refractivity contribution < 1.29 is 14.4 Å². The van der Waals surface area contributed by atoms with Crippen LogP contribution in [0.5, 0.6) is 0 Å². The van der Waals surface area contributed by atoms with Crippen LogP contribution in [0.15, 0.2) is 60.7 Å². The Balaban J connectivity index is 1.51. The van der Waals surface area contributed by atoms with Crippen molar-refractivity contribution in [3.63, 3.8) is 0 Å². The van der Waals surface area contributed by atoms with Crippen molar-refractivity contribution in [2.45, 2.75) is 0 Å². The van der Waals surface area contributed by atoms with E-state index >= 15 is 0 Å². The molecule has 0 aliphatic heterocycles. The van der Waals surface area contributed by atoms with E-state index in [2.05, 4.69) is 21.2 Å². The van der Waals surface area contributed by atoms with Gasteiger partial charge in [-0.3, -0.25) is 25.2 Å². The predicted molar refractivity (Wildman–Crippen MR) is 101 cm³/mol. The molecule has 0 saturated heterocycles. The Hall–Kier alpha value is -3.45. The molecule has 0 radical (unpaired) electrons. The number of fused-ring (bicyclic) bond motifs is 1. The second-order valence-electron chi connectivity index (χ2n) is 5.55. The highest BCUT2D eigenvalue weighted by Gasteiger charge is 2.12. The number of para-hydroxylation sites is 1. The fourth-order valence-electron chi connectivity index (χ4n) is 2.33. The summed E-state index contributed by atoms with van der Waals surface area (Å²) >= 11 is 5.92. The van der Waals surface area contributed by atoms with Crippen molar-refractivity contribution in [2.75, 3.05) is 6.54 Å². The van der Waals surface area contributed by atoms with E-state index in [-0.39, 0.29) is 22.8 Å². The zero-order valence-electron chi connectivity index (χ0n) is 14.0. The van der Waals surface area contributed by atoms with Gasteiger partial charge in [0.05, 0.1) is 22.6 Å². The largest absolute Gasteiger partial charge is 0.343 e. The maximum absolute atomic E-state index is 12.1. The molecule has 0 aliphatic carbocycles. The topological polar surface area (TPSA) is 100 Å². The summed E-state index contributed by atoms with van der Waals surface area (Å²) in [4.78, 5) is 40.1. The first-order valence-corrected chi connectivity index (χ1v) is 8.40. The van der Waals surface area contributed by atoms with Crippen LogP contribution < -0.4 is 16.2 Å². The van der Waals surface area contributed by atoms with Crippen LogP contribution in [0.1, 0.15) is 20.8 Å². The molecule has 0 bridgehead atoms. The standard InChI is InChI=1S/C19H15ClN4O3/c20-14-7-3-2-6-13(14)18(26)21-11-17(25)23-24-19(27)16-10-9-12-5-1-4-8-15(12)22-16/h1-10H,11H2,(H,21,26)(H,23,25)(H,24,27). The van der Waals surface area contributed by atoms with Crippen molar-refractivity contribution in [3.05, 3.63) is 76.9 Å². The molecule has 3 rings (SSSR count). The summed E-state index contributed by atoms with van der Waals surface area (Å²) in [5, 5.41) is 3.61. The van der Waals surface area contributed by atoms with Gasteiger partial charge in [-0.15, -0.1) is 0 Å². The van der Waals surface area contributed by atoms with Crippen molar-refractivity contribution >= 4 is 40.2 Å². The summed E-state index contributed by atoms with van der Waals surface area (Å²) < 4.78 is 0. The molecule has 3 amide bonds. The predicted octanol–water partition coefficient (Wildman–Crippen LogP) is 2.08. The molecule has 2 aromatic carbocycles. The van der Waals surface area contributed by atoms with E-state index in [0.717, 1.165) is 5.39 Å². The maximum Gasteiger partial charge on any atom is 0.288 e. The smallest absolute Gasteiger partial charge is 0.288 e. The average Bonchev–Trinajstić information content (AvgIpc) is 2.70. The minimum Gasteiger partial charge on any atom is -0.343 e. The number of benzene rings is 2. The molecule has 0 fully saturated rings. The number of hydrogen-bond donors (Lipinski definition) is 3. The monoisotopic (exact) mass is 382 g/mol. The Morgan fingerprint density at radius 1 is 0.852 bits per heavy atom. The van der Waals surface area contributed by atoms with E-state index < -0.39 is 17.7 Å². The highest BCUT2D eigenvalue weighted by atomic mass is 35.5. The lowest BCUT2D eigenvalue weighted by Gasteiger charge is -2.09. The fraction of sp³-hybridized carbons (Fsp3) is 0.0526. The van der Waals surface area contributed by atoms with E-state index in [1.807, 2.05) is 18.2 Å². The van der Waals surface area contributed by atoms with Gasteiger partial charge in [0.2, 0.25) is 0 Å². The van der Waals surface area contributed by atoms with Crippen LogP contribution in [0.4, 0.5) is 0 Å². The third-order valence-electron chi connectivity index (χ3n) is 3.67. The van der Waals surface area contributed by atoms with Crippen LogP contribution in [-0.2, 0) is 4.79 Å². The van der Waals surface area contributed by atoms with Crippen molar-refractivity contribution in [2.24, 2.45) is 0 Å². The molecule has 3 N–H and O–H groups in total. The number of carbonyl (C=O) groups excluding carboxylic acids is 3. The number of nitrogens with zero attached hydrogens (tertiary/aromatic N) is 1. The summed E-state index contributed by atoms with van der Waals surface area (Å²) in [6.45, 7) is -0.324. The molecule has 1 aromatic heterocycles.